The largest absolute Gasteiger partial charge is 0.497 e. The van der Waals surface area contributed by atoms with E-state index < -0.39 is 17.9 Å². The minimum atomic E-state index is -1.07. The summed E-state index contributed by atoms with van der Waals surface area (Å²) in [4.78, 5) is 25.8. The first kappa shape index (κ1) is 19.3. The summed E-state index contributed by atoms with van der Waals surface area (Å²) >= 11 is 6.33. The molecule has 134 valence electrons. The number of hydrogen-bond acceptors (Lipinski definition) is 6. The highest BCUT2D eigenvalue weighted by molar-refractivity contribution is 8.26. The van der Waals surface area contributed by atoms with Crippen molar-refractivity contribution in [1.82, 2.24) is 4.90 Å². The molecule has 6 nitrogen and oxygen atoms in total. The van der Waals surface area contributed by atoms with Crippen LogP contribution in [-0.2, 0) is 9.59 Å². The Morgan fingerprint density at radius 2 is 2.00 bits per heavy atom. The number of carbonyl (C=O) groups excluding carboxylic acids is 1. The number of ether oxygens (including phenoxy) is 2. The number of carboxylic acid groups (broad SMARTS) is 1. The van der Waals surface area contributed by atoms with E-state index in [4.69, 9.17) is 21.7 Å². The number of hydrogen-bond donors (Lipinski definition) is 1. The highest BCUT2D eigenvalue weighted by Crippen LogP contribution is 2.37. The number of methoxy groups -OCH3 is 2. The summed E-state index contributed by atoms with van der Waals surface area (Å²) in [6.45, 7) is 3.49. The van der Waals surface area contributed by atoms with Crippen LogP contribution in [-0.4, -0.2) is 46.5 Å². The molecule has 2 rings (SSSR count). The van der Waals surface area contributed by atoms with Gasteiger partial charge in [0.15, 0.2) is 0 Å². The molecule has 1 aromatic carbocycles. The molecule has 1 fully saturated rings. The molecule has 1 amide bonds. The van der Waals surface area contributed by atoms with Crippen LogP contribution >= 0.6 is 24.0 Å². The predicted octanol–water partition coefficient (Wildman–Crippen LogP) is 3.01. The molecule has 1 unspecified atom stereocenters. The topological polar surface area (TPSA) is 76.1 Å². The van der Waals surface area contributed by atoms with E-state index in [0.717, 1.165) is 11.8 Å². The van der Waals surface area contributed by atoms with Crippen LogP contribution in [0.2, 0.25) is 0 Å². The third kappa shape index (κ3) is 3.96. The van der Waals surface area contributed by atoms with Crippen LogP contribution in [0.1, 0.15) is 19.4 Å². The Bertz CT molecular complexity index is 745. The van der Waals surface area contributed by atoms with Crippen molar-refractivity contribution in [2.24, 2.45) is 5.92 Å². The number of rotatable bonds is 6. The fraction of sp³-hybridized carbons (Fsp3) is 0.353. The molecular formula is C17H19NO5S2. The summed E-state index contributed by atoms with van der Waals surface area (Å²) in [5.74, 6) is -0.575. The lowest BCUT2D eigenvalue weighted by Gasteiger charge is -2.26. The van der Waals surface area contributed by atoms with Crippen LogP contribution in [0.5, 0.6) is 11.5 Å². The van der Waals surface area contributed by atoms with Crippen molar-refractivity contribution in [1.29, 1.82) is 0 Å². The highest BCUT2D eigenvalue weighted by Gasteiger charge is 2.41. The molecule has 0 aromatic heterocycles. The molecule has 0 bridgehead atoms. The quantitative estimate of drug-likeness (QED) is 0.599. The van der Waals surface area contributed by atoms with E-state index in [1.807, 2.05) is 0 Å². The van der Waals surface area contributed by atoms with Gasteiger partial charge in [-0.2, -0.15) is 0 Å². The predicted molar refractivity (Wildman–Crippen MR) is 101 cm³/mol. The van der Waals surface area contributed by atoms with Gasteiger partial charge in [-0.1, -0.05) is 37.8 Å². The van der Waals surface area contributed by atoms with E-state index in [2.05, 4.69) is 0 Å². The molecule has 1 aliphatic rings. The second-order valence-electron chi connectivity index (χ2n) is 5.69. The first-order valence-corrected chi connectivity index (χ1v) is 8.74. The first-order chi connectivity index (χ1) is 11.8. The number of thioether (sulfide) groups is 1. The Morgan fingerprint density at radius 3 is 2.52 bits per heavy atom. The van der Waals surface area contributed by atoms with Gasteiger partial charge in [-0.15, -0.1) is 0 Å². The van der Waals surface area contributed by atoms with E-state index in [1.54, 1.807) is 45.2 Å². The maximum absolute atomic E-state index is 12.7. The van der Waals surface area contributed by atoms with Crippen molar-refractivity contribution in [3.05, 3.63) is 28.7 Å². The van der Waals surface area contributed by atoms with Crippen LogP contribution in [0.15, 0.2) is 23.1 Å². The van der Waals surface area contributed by atoms with Gasteiger partial charge in [-0.25, -0.2) is 4.79 Å². The zero-order valence-corrected chi connectivity index (χ0v) is 15.9. The Kier molecular flexibility index (Phi) is 6.07. The molecule has 1 heterocycles. The number of nitrogens with zero attached hydrogens (tertiary/aromatic N) is 1. The summed E-state index contributed by atoms with van der Waals surface area (Å²) in [7, 11) is 3.08. The van der Waals surface area contributed by atoms with Gasteiger partial charge >= 0.3 is 5.97 Å². The highest BCUT2D eigenvalue weighted by atomic mass is 32.2. The lowest BCUT2D eigenvalue weighted by molar-refractivity contribution is -0.146. The van der Waals surface area contributed by atoms with Crippen molar-refractivity contribution >= 4 is 46.3 Å². The standard InChI is InChI=1S/C17H19NO5S2/c1-9(2)14(16(20)21)18-15(19)13(25-17(18)24)7-10-5-6-11(22-3)8-12(10)23-4/h5-9,14H,1-4H3,(H,20,21)/b13-7-. The van der Waals surface area contributed by atoms with Gasteiger partial charge in [0.05, 0.1) is 19.1 Å². The molecule has 1 saturated heterocycles. The minimum absolute atomic E-state index is 0.241. The average molecular weight is 381 g/mol. The Hall–Kier alpha value is -2.06. The molecule has 1 N–H and O–H groups in total. The minimum Gasteiger partial charge on any atom is -0.497 e. The first-order valence-electron chi connectivity index (χ1n) is 7.52. The average Bonchev–Trinajstić information content (AvgIpc) is 2.82. The smallest absolute Gasteiger partial charge is 0.327 e. The number of thiocarbonyl (C=S) groups is 1. The molecule has 8 heteroatoms. The number of aliphatic carboxylic acids is 1. The van der Waals surface area contributed by atoms with Gasteiger partial charge in [-0.05, 0) is 24.1 Å². The summed E-state index contributed by atoms with van der Waals surface area (Å²) in [5.41, 5.74) is 0.681. The van der Waals surface area contributed by atoms with Gasteiger partial charge in [0.25, 0.3) is 5.91 Å². The van der Waals surface area contributed by atoms with Crippen molar-refractivity contribution in [2.45, 2.75) is 19.9 Å². The zero-order valence-electron chi connectivity index (χ0n) is 14.3. The van der Waals surface area contributed by atoms with Crippen LogP contribution in [0, 0.1) is 5.92 Å². The number of carboxylic acids is 1. The summed E-state index contributed by atoms with van der Waals surface area (Å²) in [5, 5.41) is 9.44. The molecule has 0 spiro atoms. The fourth-order valence-electron chi connectivity index (χ4n) is 2.49. The Balaban J connectivity index is 2.39. The SMILES string of the molecule is COc1ccc(/C=C2\SC(=S)N(C(C(=O)O)C(C)C)C2=O)c(OC)c1. The maximum atomic E-state index is 12.7. The molecule has 1 aromatic rings. The van der Waals surface area contributed by atoms with Crippen LogP contribution < -0.4 is 9.47 Å². The van der Waals surface area contributed by atoms with E-state index in [9.17, 15) is 14.7 Å². The van der Waals surface area contributed by atoms with Crippen molar-refractivity contribution in [3.8, 4) is 11.5 Å². The Labute approximate surface area is 155 Å². The van der Waals surface area contributed by atoms with Gasteiger partial charge < -0.3 is 14.6 Å². The molecule has 1 atom stereocenters. The maximum Gasteiger partial charge on any atom is 0.327 e. The number of carbonyl (C=O) groups is 2. The molecular weight excluding hydrogens is 362 g/mol. The van der Waals surface area contributed by atoms with E-state index in [-0.39, 0.29) is 10.2 Å². The summed E-state index contributed by atoms with van der Waals surface area (Å²) in [6.07, 6.45) is 1.65. The molecule has 0 saturated carbocycles. The summed E-state index contributed by atoms with van der Waals surface area (Å²) in [6, 6.07) is 4.24. The molecule has 1 aliphatic heterocycles. The number of amides is 1. The second-order valence-corrected chi connectivity index (χ2v) is 7.36. The molecule has 25 heavy (non-hydrogen) atoms. The van der Waals surface area contributed by atoms with E-state index >= 15 is 0 Å². The fourth-order valence-corrected chi connectivity index (χ4v) is 3.81. The van der Waals surface area contributed by atoms with Crippen LogP contribution in [0.25, 0.3) is 6.08 Å². The van der Waals surface area contributed by atoms with Crippen molar-refractivity contribution in [2.75, 3.05) is 14.2 Å². The van der Waals surface area contributed by atoms with Crippen LogP contribution in [0.4, 0.5) is 0 Å². The van der Waals surface area contributed by atoms with Gasteiger partial charge in [0.1, 0.15) is 21.9 Å². The third-order valence-electron chi connectivity index (χ3n) is 3.71. The van der Waals surface area contributed by atoms with Gasteiger partial charge in [-0.3, -0.25) is 9.69 Å². The van der Waals surface area contributed by atoms with Crippen molar-refractivity contribution in [3.63, 3.8) is 0 Å². The monoisotopic (exact) mass is 381 g/mol. The normalized spacial score (nSPS) is 17.3. The van der Waals surface area contributed by atoms with Crippen molar-refractivity contribution < 1.29 is 24.2 Å². The zero-order chi connectivity index (χ0) is 18.7. The number of benzene rings is 1. The lowest BCUT2D eigenvalue weighted by Crippen LogP contribution is -2.47. The third-order valence-corrected chi connectivity index (χ3v) is 5.04. The van der Waals surface area contributed by atoms with Gasteiger partial charge in [0.2, 0.25) is 0 Å². The summed E-state index contributed by atoms with van der Waals surface area (Å²) < 4.78 is 10.7. The van der Waals surface area contributed by atoms with E-state index in [1.165, 1.54) is 12.0 Å². The molecule has 0 radical (unpaired) electrons. The van der Waals surface area contributed by atoms with Crippen LogP contribution in [0.3, 0.4) is 0 Å². The molecule has 0 aliphatic carbocycles. The second kappa shape index (κ2) is 7.88. The Morgan fingerprint density at radius 1 is 1.32 bits per heavy atom. The lowest BCUT2D eigenvalue weighted by atomic mass is 10.0. The van der Waals surface area contributed by atoms with E-state index in [0.29, 0.717) is 22.0 Å². The van der Waals surface area contributed by atoms with Gasteiger partial charge in [0, 0.05) is 11.6 Å².